The molecule has 5 rings (SSSR count). The fourth-order valence-corrected chi connectivity index (χ4v) is 5.53. The van der Waals surface area contributed by atoms with Crippen LogP contribution in [-0.4, -0.2) is 47.5 Å². The van der Waals surface area contributed by atoms with Crippen LogP contribution in [0.1, 0.15) is 60.7 Å². The minimum absolute atomic E-state index is 0.304. The van der Waals surface area contributed by atoms with E-state index in [1.165, 1.54) is 52.8 Å². The lowest BCUT2D eigenvalue weighted by Gasteiger charge is -2.24. The van der Waals surface area contributed by atoms with Crippen molar-refractivity contribution in [3.63, 3.8) is 0 Å². The lowest BCUT2D eigenvalue weighted by Crippen LogP contribution is -2.34. The third kappa shape index (κ3) is 2.88. The summed E-state index contributed by atoms with van der Waals surface area (Å²) < 4.78 is 0. The lowest BCUT2D eigenvalue weighted by atomic mass is 9.97. The second-order valence-electron chi connectivity index (χ2n) is 7.98. The van der Waals surface area contributed by atoms with Crippen LogP contribution in [0.5, 0.6) is 0 Å². The number of fused-ring (bicyclic) bond motifs is 3. The zero-order chi connectivity index (χ0) is 17.7. The molecule has 3 heterocycles. The number of rotatable bonds is 5. The Balaban J connectivity index is 1.49. The number of amides is 1. The summed E-state index contributed by atoms with van der Waals surface area (Å²) in [5.41, 5.74) is 1.50. The quantitative estimate of drug-likeness (QED) is 0.808. The highest BCUT2D eigenvalue weighted by atomic mass is 32.1. The zero-order valence-corrected chi connectivity index (χ0v) is 16.3. The number of anilines is 1. The van der Waals surface area contributed by atoms with Gasteiger partial charge in [0.15, 0.2) is 0 Å². The third-order valence-corrected chi connectivity index (χ3v) is 7.18. The Kier molecular flexibility index (Phi) is 4.11. The summed E-state index contributed by atoms with van der Waals surface area (Å²) in [5.74, 6) is 3.00. The van der Waals surface area contributed by atoms with Crippen LogP contribution in [0.3, 0.4) is 0 Å². The molecule has 1 amide bonds. The number of nitrogens with zero attached hydrogens (tertiary/aromatic N) is 4. The Bertz CT molecular complexity index is 857. The monoisotopic (exact) mass is 370 g/mol. The molecule has 3 aliphatic rings. The summed E-state index contributed by atoms with van der Waals surface area (Å²) in [6.45, 7) is 2.55. The standard InChI is InChI=1S/C20H26N4OS/c1-23(11-12-24-10-4-7-16(24)25)19-17-14-5-2-3-6-15(14)26-20(17)22-18(21-19)13-8-9-13/h13H,2-12H2,1H3. The van der Waals surface area contributed by atoms with Gasteiger partial charge in [0.2, 0.25) is 5.91 Å². The molecule has 0 spiro atoms. The molecule has 0 aromatic carbocycles. The van der Waals surface area contributed by atoms with Crippen molar-refractivity contribution in [3.05, 3.63) is 16.3 Å². The molecule has 0 bridgehead atoms. The number of hydrogen-bond donors (Lipinski definition) is 0. The van der Waals surface area contributed by atoms with Gasteiger partial charge in [0, 0.05) is 43.9 Å². The van der Waals surface area contributed by atoms with Gasteiger partial charge in [0.1, 0.15) is 16.5 Å². The normalized spacial score (nSPS) is 20.0. The summed E-state index contributed by atoms with van der Waals surface area (Å²) in [6.07, 6.45) is 9.09. The Labute approximate surface area is 158 Å². The molecule has 0 N–H and O–H groups in total. The first-order chi connectivity index (χ1) is 12.7. The van der Waals surface area contributed by atoms with Crippen molar-refractivity contribution in [1.29, 1.82) is 0 Å². The minimum atomic E-state index is 0.304. The molecule has 2 aromatic heterocycles. The topological polar surface area (TPSA) is 49.3 Å². The van der Waals surface area contributed by atoms with Gasteiger partial charge in [0.25, 0.3) is 0 Å². The number of hydrogen-bond acceptors (Lipinski definition) is 5. The second-order valence-corrected chi connectivity index (χ2v) is 9.06. The molecule has 1 aliphatic heterocycles. The van der Waals surface area contributed by atoms with E-state index in [1.54, 1.807) is 0 Å². The van der Waals surface area contributed by atoms with Crippen molar-refractivity contribution in [2.75, 3.05) is 31.6 Å². The van der Waals surface area contributed by atoms with Crippen molar-refractivity contribution < 1.29 is 4.79 Å². The van der Waals surface area contributed by atoms with Gasteiger partial charge in [-0.2, -0.15) is 0 Å². The summed E-state index contributed by atoms with van der Waals surface area (Å²) in [6, 6.07) is 0. The summed E-state index contributed by atoms with van der Waals surface area (Å²) in [7, 11) is 2.13. The molecule has 6 heteroatoms. The molecular formula is C20H26N4OS. The molecule has 0 atom stereocenters. The molecule has 5 nitrogen and oxygen atoms in total. The zero-order valence-electron chi connectivity index (χ0n) is 15.5. The van der Waals surface area contributed by atoms with Gasteiger partial charge in [-0.25, -0.2) is 9.97 Å². The fraction of sp³-hybridized carbons (Fsp3) is 0.650. The van der Waals surface area contributed by atoms with Gasteiger partial charge in [0.05, 0.1) is 5.39 Å². The van der Waals surface area contributed by atoms with E-state index >= 15 is 0 Å². The first-order valence-electron chi connectivity index (χ1n) is 10.0. The first-order valence-corrected chi connectivity index (χ1v) is 10.8. The molecule has 2 aromatic rings. The summed E-state index contributed by atoms with van der Waals surface area (Å²) in [5, 5.41) is 1.30. The molecule has 2 aliphatic carbocycles. The van der Waals surface area contributed by atoms with Crippen LogP contribution in [0, 0.1) is 0 Å². The van der Waals surface area contributed by atoms with E-state index in [0.717, 1.165) is 44.1 Å². The largest absolute Gasteiger partial charge is 0.357 e. The van der Waals surface area contributed by atoms with Gasteiger partial charge in [-0.05, 0) is 50.5 Å². The van der Waals surface area contributed by atoms with Gasteiger partial charge >= 0.3 is 0 Å². The van der Waals surface area contributed by atoms with E-state index in [4.69, 9.17) is 9.97 Å². The number of likely N-dealkylation sites (N-methyl/N-ethyl adjacent to an activating group) is 1. The van der Waals surface area contributed by atoms with E-state index in [0.29, 0.717) is 18.2 Å². The highest BCUT2D eigenvalue weighted by Crippen LogP contribution is 2.43. The van der Waals surface area contributed by atoms with Crippen LogP contribution in [-0.2, 0) is 17.6 Å². The average molecular weight is 371 g/mol. The van der Waals surface area contributed by atoms with Gasteiger partial charge in [-0.1, -0.05) is 0 Å². The second kappa shape index (κ2) is 6.48. The van der Waals surface area contributed by atoms with Gasteiger partial charge < -0.3 is 9.80 Å². The molecule has 1 saturated heterocycles. The first kappa shape index (κ1) is 16.5. The van der Waals surface area contributed by atoms with Gasteiger partial charge in [-0.3, -0.25) is 4.79 Å². The number of carbonyl (C=O) groups excluding carboxylic acids is 1. The molecule has 0 radical (unpaired) electrons. The number of thiophene rings is 1. The van der Waals surface area contributed by atoms with Crippen LogP contribution in [0.25, 0.3) is 10.2 Å². The predicted octanol–water partition coefficient (Wildman–Crippen LogP) is 3.51. The summed E-state index contributed by atoms with van der Waals surface area (Å²) in [4.78, 5) is 28.9. The molecule has 0 unspecified atom stereocenters. The van der Waals surface area contributed by atoms with E-state index in [-0.39, 0.29) is 0 Å². The van der Waals surface area contributed by atoms with Crippen LogP contribution in [0.2, 0.25) is 0 Å². The Morgan fingerprint density at radius 2 is 2.00 bits per heavy atom. The Morgan fingerprint density at radius 1 is 1.15 bits per heavy atom. The van der Waals surface area contributed by atoms with Crippen molar-refractivity contribution in [2.45, 2.75) is 57.3 Å². The average Bonchev–Trinajstić information content (AvgIpc) is 3.32. The Morgan fingerprint density at radius 3 is 2.77 bits per heavy atom. The maximum Gasteiger partial charge on any atom is 0.222 e. The van der Waals surface area contributed by atoms with Crippen LogP contribution >= 0.6 is 11.3 Å². The van der Waals surface area contributed by atoms with Crippen LogP contribution < -0.4 is 4.90 Å². The minimum Gasteiger partial charge on any atom is -0.357 e. The molecule has 26 heavy (non-hydrogen) atoms. The SMILES string of the molecule is CN(CCN1CCCC1=O)c1nc(C2CC2)nc2sc3c(c12)CCCC3. The summed E-state index contributed by atoms with van der Waals surface area (Å²) >= 11 is 1.89. The number of aryl methyl sites for hydroxylation is 2. The molecular weight excluding hydrogens is 344 g/mol. The predicted molar refractivity (Wildman–Crippen MR) is 105 cm³/mol. The third-order valence-electron chi connectivity index (χ3n) is 5.99. The van der Waals surface area contributed by atoms with Gasteiger partial charge in [-0.15, -0.1) is 11.3 Å². The van der Waals surface area contributed by atoms with Crippen molar-refractivity contribution in [1.82, 2.24) is 14.9 Å². The van der Waals surface area contributed by atoms with Crippen molar-refractivity contribution in [2.24, 2.45) is 0 Å². The van der Waals surface area contributed by atoms with Crippen molar-refractivity contribution >= 4 is 33.3 Å². The maximum atomic E-state index is 11.9. The Hall–Kier alpha value is -1.69. The highest BCUT2D eigenvalue weighted by molar-refractivity contribution is 7.19. The van der Waals surface area contributed by atoms with E-state index in [1.807, 2.05) is 16.2 Å². The number of likely N-dealkylation sites (tertiary alicyclic amines) is 1. The van der Waals surface area contributed by atoms with Crippen LogP contribution in [0.15, 0.2) is 0 Å². The number of carbonyl (C=O) groups is 1. The smallest absolute Gasteiger partial charge is 0.222 e. The highest BCUT2D eigenvalue weighted by Gasteiger charge is 2.30. The van der Waals surface area contributed by atoms with E-state index < -0.39 is 0 Å². The number of aromatic nitrogens is 2. The maximum absolute atomic E-state index is 11.9. The molecule has 138 valence electrons. The van der Waals surface area contributed by atoms with E-state index in [2.05, 4.69) is 11.9 Å². The molecule has 1 saturated carbocycles. The molecule has 2 fully saturated rings. The van der Waals surface area contributed by atoms with E-state index in [9.17, 15) is 4.79 Å². The van der Waals surface area contributed by atoms with Crippen molar-refractivity contribution in [3.8, 4) is 0 Å². The fourth-order valence-electron chi connectivity index (χ4n) is 4.27. The van der Waals surface area contributed by atoms with Crippen LogP contribution in [0.4, 0.5) is 5.82 Å². The lowest BCUT2D eigenvalue weighted by molar-refractivity contribution is -0.127.